The van der Waals surface area contributed by atoms with E-state index >= 15 is 0 Å². The molecule has 1 aliphatic carbocycles. The number of rotatable bonds is 21. The zero-order valence-corrected chi connectivity index (χ0v) is 82.2. The molecular formula is C109H130ClN7O18. The molecule has 0 bridgehead atoms. The lowest BCUT2D eigenvalue weighted by molar-refractivity contribution is -0.171. The number of para-hydroxylation sites is 4. The number of benzene rings is 7. The number of aldehydes is 1. The van der Waals surface area contributed by atoms with Gasteiger partial charge in [-0.05, 0) is 312 Å². The Labute approximate surface area is 798 Å². The predicted molar refractivity (Wildman–Crippen MR) is 535 cm³/mol. The molecule has 3 atom stereocenters. The fourth-order valence-electron chi connectivity index (χ4n) is 15.6. The normalized spacial score (nSPS) is 15.7. The lowest BCUT2D eigenvalue weighted by Gasteiger charge is -2.30. The molecule has 0 spiro atoms. The molecule has 15 rings (SSSR count). The molecule has 11 aromatic rings. The molecule has 716 valence electrons. The number of ether oxygens (including phenoxy) is 5. The van der Waals surface area contributed by atoms with E-state index in [1.165, 1.54) is 47.1 Å². The first kappa shape index (κ1) is 104. The summed E-state index contributed by atoms with van der Waals surface area (Å²) in [6, 6.07) is 49.2. The predicted octanol–water partition coefficient (Wildman–Crippen LogP) is 20.7. The summed E-state index contributed by atoms with van der Waals surface area (Å²) < 4.78 is 34.5. The van der Waals surface area contributed by atoms with Gasteiger partial charge in [0.15, 0.2) is 39.9 Å². The van der Waals surface area contributed by atoms with Crippen molar-refractivity contribution in [3.63, 3.8) is 0 Å². The number of anilines is 3. The zero-order valence-electron chi connectivity index (χ0n) is 82.5. The van der Waals surface area contributed by atoms with Crippen molar-refractivity contribution in [2.24, 2.45) is 0 Å². The number of nitrogens with zero attached hydrogens (tertiary/aromatic N) is 7. The number of carbonyl (C=O) groups is 8. The van der Waals surface area contributed by atoms with Gasteiger partial charge in [0.05, 0.1) is 68.7 Å². The summed E-state index contributed by atoms with van der Waals surface area (Å²) in [7, 11) is 1.25. The van der Waals surface area contributed by atoms with Crippen LogP contribution < -0.4 is 28.9 Å². The number of halogens is 1. The van der Waals surface area contributed by atoms with E-state index in [4.69, 9.17) is 51.7 Å². The molecule has 0 amide bonds. The van der Waals surface area contributed by atoms with E-state index in [-0.39, 0.29) is 40.5 Å². The van der Waals surface area contributed by atoms with Crippen LogP contribution in [0.4, 0.5) is 17.5 Å². The van der Waals surface area contributed by atoms with Crippen molar-refractivity contribution in [2.45, 2.75) is 243 Å². The third-order valence-electron chi connectivity index (χ3n) is 22.6. The first-order chi connectivity index (χ1) is 64.0. The van der Waals surface area contributed by atoms with Gasteiger partial charge in [0.1, 0.15) is 57.3 Å². The van der Waals surface area contributed by atoms with Gasteiger partial charge in [-0.3, -0.25) is 24.0 Å². The number of aliphatic carboxylic acids is 1. The Morgan fingerprint density at radius 2 is 0.681 bits per heavy atom. The summed E-state index contributed by atoms with van der Waals surface area (Å²) in [5.41, 5.74) is 7.72. The standard InChI is InChI=1S/C32H38N2O5.C28H30N2O5.C17H24O4.C15H16N2O2.C11H8ClNO.C5H10O.CH4/c1-20-16-22(17-21(2)28(20)38-32(6,7)30(37)39-31(3,4)5)12-13-27(36)25-18-23-10-8-9-11-26(23)33-29(25)34-15-14-24(35)19-34;1-17-13-19(14-18(2)25(17)35-28(3,4)27(33)34)9-10-24(32)22-15-20-7-5-6-8-23(20)29-26(22)30-12-11-21(31)16-30;1-11-8-13(10-18)9-12(2)14(11)20-17(6,7)15(19)21-16(3,4)5;1-10(18)13-8-11-4-2-3-5-14(11)16-15(13)17-7-6-12(19)9-17;1-7(14)9-6-8-4-2-3-5-10(8)13-11(9)12;6-5-3-1-2-4-5;/h8-13,16-18,24,35H,14-15,19H2,1-7H3;5-10,13-15,21,31H,11-12,16H2,1-4H3,(H,33,34);8-10H,1-7H3;2-5,8,12,19H,6-7,9H2,1H3;2-6H,1H3;5-6H,1-4H2;1H4/b13-12+;10-9+;;;;;/t24-;21-;;12-;;;/m11.1.../s1/i;;;;;;1T. The summed E-state index contributed by atoms with van der Waals surface area (Å²) in [6.07, 6.45) is 12.8. The second-order valence-corrected chi connectivity index (χ2v) is 38.4. The lowest BCUT2D eigenvalue weighted by atomic mass is 10.0. The molecule has 7 heterocycles. The van der Waals surface area contributed by atoms with Crippen LogP contribution >= 0.6 is 11.6 Å². The third kappa shape index (κ3) is 29.0. The SMILES string of the molecule is CC(=O)c1cc2ccccc2nc1Cl.CC(=O)c1cc2ccccc2nc1N1CC[C@@H](O)C1.Cc1cc(/C=C/C(=O)c2cc3ccccc3nc2N2CC[C@@H](O)C2)cc(C)c1OC(C)(C)C(=O)O.Cc1cc(/C=C/C(=O)c2cc3ccccc3nc2N2CC[C@@H](O)C2)cc(C)c1OC(C)(C)C(=O)OC(C)(C)C.Cc1cc(C=O)cc(C)c1OC(C)(C)C(=O)OC(C)(C)C.OC1CCCC1.[3H]C. The molecule has 0 radical (unpaired) electrons. The second-order valence-electron chi connectivity index (χ2n) is 38.0. The average molecular weight is 1860 g/mol. The number of carboxylic acids is 1. The Morgan fingerprint density at radius 3 is 0.956 bits per heavy atom. The van der Waals surface area contributed by atoms with Gasteiger partial charge in [-0.2, -0.15) is 0 Å². The van der Waals surface area contributed by atoms with E-state index in [0.717, 1.165) is 120 Å². The van der Waals surface area contributed by atoms with Crippen molar-refractivity contribution in [1.29, 1.82) is 0 Å². The maximum absolute atomic E-state index is 13.4. The van der Waals surface area contributed by atoms with Gasteiger partial charge in [0.2, 0.25) is 0 Å². The van der Waals surface area contributed by atoms with Crippen LogP contribution in [0.25, 0.3) is 55.8 Å². The van der Waals surface area contributed by atoms with Crippen molar-refractivity contribution in [3.8, 4) is 17.2 Å². The van der Waals surface area contributed by atoms with Crippen molar-refractivity contribution in [1.82, 2.24) is 19.9 Å². The highest BCUT2D eigenvalue weighted by atomic mass is 35.5. The average Bonchev–Trinajstić information content (AvgIpc) is 1.45. The van der Waals surface area contributed by atoms with Crippen molar-refractivity contribution in [2.75, 3.05) is 54.0 Å². The minimum atomic E-state index is -1.36. The highest BCUT2D eigenvalue weighted by molar-refractivity contribution is 6.33. The van der Waals surface area contributed by atoms with Crippen LogP contribution in [0.3, 0.4) is 0 Å². The number of Topliss-reactive ketones (excluding diaryl/α,β-unsaturated/α-hetero) is 2. The van der Waals surface area contributed by atoms with E-state index in [1.54, 1.807) is 71.0 Å². The molecular weight excluding hydrogens is 1730 g/mol. The molecule has 26 heteroatoms. The smallest absolute Gasteiger partial charge is 0.350 e. The zero-order chi connectivity index (χ0) is 100. The molecule has 7 aromatic carbocycles. The van der Waals surface area contributed by atoms with Gasteiger partial charge in [-0.1, -0.05) is 117 Å². The van der Waals surface area contributed by atoms with Crippen LogP contribution in [-0.2, 0) is 23.9 Å². The fraction of sp³-hybridized carbons (Fsp3) is 0.394. The van der Waals surface area contributed by atoms with E-state index in [2.05, 4.69) is 9.97 Å². The van der Waals surface area contributed by atoms with Gasteiger partial charge in [-0.15, -0.1) is 0 Å². The molecule has 3 aliphatic heterocycles. The number of carbonyl (C=O) groups excluding carboxylic acids is 7. The Balaban J connectivity index is 0.000000194. The number of aromatic nitrogens is 4. The molecule has 3 saturated heterocycles. The molecule has 4 aromatic heterocycles. The monoisotopic (exact) mass is 1860 g/mol. The summed E-state index contributed by atoms with van der Waals surface area (Å²) in [4.78, 5) is 121. The van der Waals surface area contributed by atoms with Crippen LogP contribution in [-0.4, -0.2) is 184 Å². The lowest BCUT2D eigenvalue weighted by Crippen LogP contribution is -2.43. The molecule has 135 heavy (non-hydrogen) atoms. The Hall–Kier alpha value is -12.7. The number of aliphatic hydroxyl groups is 4. The number of pyridine rings is 4. The minimum Gasteiger partial charge on any atom is -0.478 e. The van der Waals surface area contributed by atoms with Crippen molar-refractivity contribution < 1.29 is 88.9 Å². The number of carboxylic acid groups (broad SMARTS) is 1. The highest BCUT2D eigenvalue weighted by Gasteiger charge is 2.39. The number of ketones is 4. The third-order valence-corrected chi connectivity index (χ3v) is 22.9. The first-order valence-corrected chi connectivity index (χ1v) is 45.6. The van der Waals surface area contributed by atoms with Crippen molar-refractivity contribution in [3.05, 3.63) is 247 Å². The minimum absolute atomic E-state index is 0.00893. The number of hydrogen-bond donors (Lipinski definition) is 5. The van der Waals surface area contributed by atoms with Crippen LogP contribution in [0.15, 0.2) is 170 Å². The van der Waals surface area contributed by atoms with Crippen molar-refractivity contribution >= 4 is 132 Å². The van der Waals surface area contributed by atoms with Crippen LogP contribution in [0, 0.1) is 41.5 Å². The van der Waals surface area contributed by atoms with E-state index < -0.39 is 58.1 Å². The van der Waals surface area contributed by atoms with E-state index in [0.29, 0.717) is 108 Å². The largest absolute Gasteiger partial charge is 0.478 e. The van der Waals surface area contributed by atoms with Gasteiger partial charge in [0.25, 0.3) is 0 Å². The number of aryl methyl sites for hydroxylation is 6. The van der Waals surface area contributed by atoms with Crippen LogP contribution in [0.5, 0.6) is 17.2 Å². The maximum Gasteiger partial charge on any atom is 0.350 e. The topological polar surface area (TPSA) is 345 Å². The van der Waals surface area contributed by atoms with Gasteiger partial charge in [0, 0.05) is 67.7 Å². The van der Waals surface area contributed by atoms with E-state index in [9.17, 15) is 58.8 Å². The molecule has 5 N–H and O–H groups in total. The highest BCUT2D eigenvalue weighted by Crippen LogP contribution is 2.37. The van der Waals surface area contributed by atoms with Gasteiger partial charge < -0.3 is 63.9 Å². The Bertz CT molecular complexity index is 6180. The summed E-state index contributed by atoms with van der Waals surface area (Å²) in [5.74, 6) is 1.33. The number of allylic oxidation sites excluding steroid dienone is 2. The molecule has 4 fully saturated rings. The second kappa shape index (κ2) is 45.6. The Kier molecular flexibility index (Phi) is 35.3. The molecule has 25 nitrogen and oxygen atoms in total. The number of hydrogen-bond acceptors (Lipinski definition) is 24. The first-order valence-electron chi connectivity index (χ1n) is 46.2. The molecule has 1 saturated carbocycles. The fourth-order valence-corrected chi connectivity index (χ4v) is 15.9. The maximum atomic E-state index is 13.4. The summed E-state index contributed by atoms with van der Waals surface area (Å²) in [6.45, 7) is 38.4. The summed E-state index contributed by atoms with van der Waals surface area (Å²) in [5, 5.41) is 51.8. The summed E-state index contributed by atoms with van der Waals surface area (Å²) >= 11 is 5.87. The molecule has 0 unspecified atom stereocenters. The van der Waals surface area contributed by atoms with Gasteiger partial charge >= 0.3 is 17.9 Å². The molecule has 4 aliphatic rings. The number of fused-ring (bicyclic) bond motifs is 4. The number of aliphatic hydroxyl groups excluding tert-OH is 4. The Morgan fingerprint density at radius 1 is 0.400 bits per heavy atom. The van der Waals surface area contributed by atoms with Crippen LogP contribution in [0.1, 0.15) is 247 Å². The number of esters is 2. The van der Waals surface area contributed by atoms with E-state index in [1.807, 2.05) is 237 Å². The quantitative estimate of drug-likeness (QED) is 0.0147. The number of β-amino-alcohol motifs (C(OH)–C–C–N with tert-alkyl or cyclic N) is 3. The van der Waals surface area contributed by atoms with Gasteiger partial charge in [-0.25, -0.2) is 34.3 Å². The van der Waals surface area contributed by atoms with Crippen LogP contribution in [0.2, 0.25) is 5.15 Å².